The first-order valence-electron chi connectivity index (χ1n) is 7.94. The number of benzene rings is 1. The SMILES string of the molecule is CCCCCCNCc1ccc(-c2cc(C(=O)O)ccc2Cl)o1. The van der Waals surface area contributed by atoms with Crippen LogP contribution in [0.1, 0.15) is 48.7 Å². The van der Waals surface area contributed by atoms with Gasteiger partial charge in [-0.05, 0) is 43.3 Å². The smallest absolute Gasteiger partial charge is 0.335 e. The highest BCUT2D eigenvalue weighted by Crippen LogP contribution is 2.30. The lowest BCUT2D eigenvalue weighted by atomic mass is 10.1. The van der Waals surface area contributed by atoms with Crippen LogP contribution in [0.2, 0.25) is 5.02 Å². The van der Waals surface area contributed by atoms with E-state index in [9.17, 15) is 4.79 Å². The van der Waals surface area contributed by atoms with E-state index < -0.39 is 5.97 Å². The molecule has 0 unspecified atom stereocenters. The van der Waals surface area contributed by atoms with Gasteiger partial charge in [0.05, 0.1) is 17.1 Å². The van der Waals surface area contributed by atoms with Crippen LogP contribution >= 0.6 is 11.6 Å². The molecule has 23 heavy (non-hydrogen) atoms. The normalized spacial score (nSPS) is 10.9. The molecule has 0 amide bonds. The Hall–Kier alpha value is -1.78. The molecular weight excluding hydrogens is 314 g/mol. The number of furan rings is 1. The van der Waals surface area contributed by atoms with Gasteiger partial charge in [-0.3, -0.25) is 0 Å². The first-order chi connectivity index (χ1) is 11.1. The van der Waals surface area contributed by atoms with Crippen molar-refractivity contribution in [2.75, 3.05) is 6.54 Å². The van der Waals surface area contributed by atoms with Crippen molar-refractivity contribution in [2.24, 2.45) is 0 Å². The number of unbranched alkanes of at least 4 members (excludes halogenated alkanes) is 3. The second-order valence-electron chi connectivity index (χ2n) is 5.50. The second-order valence-corrected chi connectivity index (χ2v) is 5.91. The molecule has 2 rings (SSSR count). The number of halogens is 1. The van der Waals surface area contributed by atoms with Gasteiger partial charge in [-0.2, -0.15) is 0 Å². The van der Waals surface area contributed by atoms with Gasteiger partial charge < -0.3 is 14.8 Å². The first kappa shape index (κ1) is 17.6. The van der Waals surface area contributed by atoms with Crippen molar-refractivity contribution in [3.63, 3.8) is 0 Å². The summed E-state index contributed by atoms with van der Waals surface area (Å²) in [7, 11) is 0. The van der Waals surface area contributed by atoms with Gasteiger partial charge in [0, 0.05) is 5.56 Å². The van der Waals surface area contributed by atoms with E-state index in [4.69, 9.17) is 21.1 Å². The van der Waals surface area contributed by atoms with E-state index in [0.29, 0.717) is 22.9 Å². The summed E-state index contributed by atoms with van der Waals surface area (Å²) in [4.78, 5) is 11.1. The standard InChI is InChI=1S/C18H22ClNO3/c1-2-3-4-5-10-20-12-14-7-9-17(23-14)15-11-13(18(21)22)6-8-16(15)19/h6-9,11,20H,2-5,10,12H2,1H3,(H,21,22). The van der Waals surface area contributed by atoms with Gasteiger partial charge in [0.1, 0.15) is 11.5 Å². The molecule has 1 aromatic carbocycles. The van der Waals surface area contributed by atoms with Crippen LogP contribution in [0.15, 0.2) is 34.7 Å². The quantitative estimate of drug-likeness (QED) is 0.635. The number of aromatic carboxylic acids is 1. The maximum absolute atomic E-state index is 11.1. The fraction of sp³-hybridized carbons (Fsp3) is 0.389. The summed E-state index contributed by atoms with van der Waals surface area (Å²) in [5.74, 6) is 0.414. The molecule has 1 heterocycles. The number of rotatable bonds is 9. The zero-order valence-electron chi connectivity index (χ0n) is 13.3. The van der Waals surface area contributed by atoms with Crippen molar-refractivity contribution >= 4 is 17.6 Å². The second kappa shape index (κ2) is 8.75. The molecule has 0 spiro atoms. The highest BCUT2D eigenvalue weighted by Gasteiger charge is 2.12. The average molecular weight is 336 g/mol. The van der Waals surface area contributed by atoms with Crippen LogP contribution in [-0.2, 0) is 6.54 Å². The van der Waals surface area contributed by atoms with Crippen molar-refractivity contribution in [1.29, 1.82) is 0 Å². The Morgan fingerprint density at radius 3 is 2.78 bits per heavy atom. The van der Waals surface area contributed by atoms with Gasteiger partial charge >= 0.3 is 5.97 Å². The van der Waals surface area contributed by atoms with Crippen LogP contribution in [0, 0.1) is 0 Å². The Morgan fingerprint density at radius 1 is 1.22 bits per heavy atom. The molecule has 5 heteroatoms. The molecule has 0 radical (unpaired) electrons. The average Bonchev–Trinajstić information content (AvgIpc) is 2.99. The molecule has 0 bridgehead atoms. The molecule has 2 aromatic rings. The molecule has 0 saturated carbocycles. The Labute approximate surface area is 141 Å². The van der Waals surface area contributed by atoms with Gasteiger partial charge in [0.25, 0.3) is 0 Å². The van der Waals surface area contributed by atoms with Crippen LogP contribution < -0.4 is 5.32 Å². The highest BCUT2D eigenvalue weighted by molar-refractivity contribution is 6.33. The molecule has 0 aliphatic carbocycles. The summed E-state index contributed by atoms with van der Waals surface area (Å²) in [6, 6.07) is 8.30. The number of carboxylic acids is 1. The molecule has 0 aliphatic heterocycles. The van der Waals surface area contributed by atoms with Gasteiger partial charge in [-0.1, -0.05) is 37.8 Å². The number of hydrogen-bond acceptors (Lipinski definition) is 3. The summed E-state index contributed by atoms with van der Waals surface area (Å²) in [5.41, 5.74) is 0.789. The van der Waals surface area contributed by atoms with Gasteiger partial charge in [0.15, 0.2) is 0 Å². The lowest BCUT2D eigenvalue weighted by Gasteiger charge is -2.04. The van der Waals surface area contributed by atoms with Crippen LogP contribution in [0.25, 0.3) is 11.3 Å². The van der Waals surface area contributed by atoms with Gasteiger partial charge in [-0.25, -0.2) is 4.79 Å². The molecule has 124 valence electrons. The zero-order valence-corrected chi connectivity index (χ0v) is 14.0. The molecule has 0 atom stereocenters. The van der Waals surface area contributed by atoms with Crippen LogP contribution in [0.5, 0.6) is 0 Å². The highest BCUT2D eigenvalue weighted by atomic mass is 35.5. The van der Waals surface area contributed by atoms with Crippen LogP contribution in [0.4, 0.5) is 0 Å². The minimum Gasteiger partial charge on any atom is -0.478 e. The molecule has 2 N–H and O–H groups in total. The maximum Gasteiger partial charge on any atom is 0.335 e. The Bertz CT molecular complexity index is 651. The van der Waals surface area contributed by atoms with Crippen molar-refractivity contribution in [1.82, 2.24) is 5.32 Å². The lowest BCUT2D eigenvalue weighted by molar-refractivity contribution is 0.0697. The topological polar surface area (TPSA) is 62.5 Å². The van der Waals surface area contributed by atoms with E-state index in [-0.39, 0.29) is 5.56 Å². The van der Waals surface area contributed by atoms with E-state index in [2.05, 4.69) is 12.2 Å². The summed E-state index contributed by atoms with van der Waals surface area (Å²) in [6.07, 6.45) is 4.90. The largest absolute Gasteiger partial charge is 0.478 e. The molecule has 0 aliphatic rings. The number of carbonyl (C=O) groups is 1. The number of carboxylic acid groups (broad SMARTS) is 1. The van der Waals surface area contributed by atoms with Crippen molar-refractivity contribution in [3.8, 4) is 11.3 Å². The first-order valence-corrected chi connectivity index (χ1v) is 8.32. The molecule has 1 aromatic heterocycles. The van der Waals surface area contributed by atoms with E-state index in [1.54, 1.807) is 6.07 Å². The number of hydrogen-bond donors (Lipinski definition) is 2. The van der Waals surface area contributed by atoms with Gasteiger partial charge in [-0.15, -0.1) is 0 Å². The van der Waals surface area contributed by atoms with E-state index in [0.717, 1.165) is 18.7 Å². The van der Waals surface area contributed by atoms with Crippen LogP contribution in [0.3, 0.4) is 0 Å². The van der Waals surface area contributed by atoms with Crippen molar-refractivity contribution in [3.05, 3.63) is 46.7 Å². The fourth-order valence-corrected chi connectivity index (χ4v) is 2.56. The predicted octanol–water partition coefficient (Wildman–Crippen LogP) is 4.97. The molecule has 0 fully saturated rings. The summed E-state index contributed by atoms with van der Waals surface area (Å²) < 4.78 is 5.77. The van der Waals surface area contributed by atoms with Crippen molar-refractivity contribution in [2.45, 2.75) is 39.2 Å². The van der Waals surface area contributed by atoms with E-state index in [1.165, 1.54) is 31.4 Å². The maximum atomic E-state index is 11.1. The fourth-order valence-electron chi connectivity index (χ4n) is 2.35. The third kappa shape index (κ3) is 5.12. The Morgan fingerprint density at radius 2 is 2.04 bits per heavy atom. The minimum atomic E-state index is -0.983. The molecular formula is C18H22ClNO3. The van der Waals surface area contributed by atoms with Gasteiger partial charge in [0.2, 0.25) is 0 Å². The predicted molar refractivity (Wildman–Crippen MR) is 92.0 cm³/mol. The third-order valence-electron chi connectivity index (χ3n) is 3.65. The monoisotopic (exact) mass is 335 g/mol. The number of nitrogens with one attached hydrogen (secondary N) is 1. The van der Waals surface area contributed by atoms with Crippen LogP contribution in [-0.4, -0.2) is 17.6 Å². The lowest BCUT2D eigenvalue weighted by Crippen LogP contribution is -2.14. The zero-order chi connectivity index (χ0) is 16.7. The molecule has 4 nitrogen and oxygen atoms in total. The van der Waals surface area contributed by atoms with E-state index in [1.807, 2.05) is 12.1 Å². The summed E-state index contributed by atoms with van der Waals surface area (Å²) >= 11 is 6.15. The summed E-state index contributed by atoms with van der Waals surface area (Å²) in [5, 5.41) is 12.9. The van der Waals surface area contributed by atoms with E-state index >= 15 is 0 Å². The molecule has 0 saturated heterocycles. The Balaban J connectivity index is 1.96. The van der Waals surface area contributed by atoms with Crippen molar-refractivity contribution < 1.29 is 14.3 Å². The Kier molecular flexibility index (Phi) is 6.68. The minimum absolute atomic E-state index is 0.191. The summed E-state index contributed by atoms with van der Waals surface area (Å²) in [6.45, 7) is 3.82. The third-order valence-corrected chi connectivity index (χ3v) is 3.98.